The lowest BCUT2D eigenvalue weighted by molar-refractivity contribution is 0.0657. The van der Waals surface area contributed by atoms with Crippen LogP contribution in [0, 0.1) is 0 Å². The monoisotopic (exact) mass is 265 g/mol. The molecule has 1 fully saturated rings. The van der Waals surface area contributed by atoms with E-state index in [-0.39, 0.29) is 5.54 Å². The Labute approximate surface area is 114 Å². The second-order valence-electron chi connectivity index (χ2n) is 5.25. The molecule has 0 saturated carbocycles. The summed E-state index contributed by atoms with van der Waals surface area (Å²) < 4.78 is 5.40. The van der Waals surface area contributed by atoms with Crippen LogP contribution in [0.3, 0.4) is 0 Å². The molecule has 1 aromatic rings. The first kappa shape index (κ1) is 14.0. The van der Waals surface area contributed by atoms with Crippen LogP contribution in [0.25, 0.3) is 0 Å². The molecule has 0 radical (unpaired) electrons. The lowest BCUT2D eigenvalue weighted by Crippen LogP contribution is -2.41. The van der Waals surface area contributed by atoms with Crippen LogP contribution in [-0.2, 0) is 11.2 Å². The van der Waals surface area contributed by atoms with Crippen LogP contribution >= 0.6 is 0 Å². The van der Waals surface area contributed by atoms with E-state index < -0.39 is 0 Å². The number of nitrogens with zero attached hydrogens (tertiary/aromatic N) is 2. The summed E-state index contributed by atoms with van der Waals surface area (Å²) in [5.41, 5.74) is 2.63. The molecule has 0 spiro atoms. The predicted molar refractivity (Wildman–Crippen MR) is 75.9 cm³/mol. The molecular weight excluding hydrogens is 242 g/mol. The maximum absolute atomic E-state index is 5.46. The quantitative estimate of drug-likeness (QED) is 0.555. The molecule has 0 aromatic carbocycles. The van der Waals surface area contributed by atoms with E-state index in [1.807, 2.05) is 6.07 Å². The summed E-state index contributed by atoms with van der Waals surface area (Å²) in [5.74, 6) is 7.76. The van der Waals surface area contributed by atoms with Crippen molar-refractivity contribution in [2.75, 3.05) is 24.0 Å². The fourth-order valence-corrected chi connectivity index (χ4v) is 2.23. The molecule has 0 aliphatic carbocycles. The van der Waals surface area contributed by atoms with Gasteiger partial charge in [0.25, 0.3) is 0 Å². The molecule has 106 valence electrons. The van der Waals surface area contributed by atoms with Gasteiger partial charge in [-0.05, 0) is 26.2 Å². The van der Waals surface area contributed by atoms with Gasteiger partial charge in [-0.3, -0.25) is 0 Å². The molecular formula is C13H23N5O. The van der Waals surface area contributed by atoms with E-state index in [0.717, 1.165) is 50.5 Å². The fourth-order valence-electron chi connectivity index (χ4n) is 2.23. The van der Waals surface area contributed by atoms with Gasteiger partial charge >= 0.3 is 0 Å². The van der Waals surface area contributed by atoms with E-state index in [0.29, 0.717) is 5.82 Å². The van der Waals surface area contributed by atoms with E-state index in [9.17, 15) is 0 Å². The highest BCUT2D eigenvalue weighted by atomic mass is 16.5. The van der Waals surface area contributed by atoms with Crippen LogP contribution in [0.15, 0.2) is 6.07 Å². The van der Waals surface area contributed by atoms with Crippen molar-refractivity contribution < 1.29 is 4.74 Å². The molecule has 2 rings (SSSR count). The maximum atomic E-state index is 5.46. The fraction of sp³-hybridized carbons (Fsp3) is 0.692. The van der Waals surface area contributed by atoms with E-state index in [2.05, 4.69) is 34.6 Å². The smallest absolute Gasteiger partial charge is 0.145 e. The van der Waals surface area contributed by atoms with Crippen LogP contribution < -0.4 is 16.6 Å². The van der Waals surface area contributed by atoms with E-state index in [1.165, 1.54) is 0 Å². The molecule has 1 saturated heterocycles. The number of hydrogen-bond acceptors (Lipinski definition) is 6. The Hall–Kier alpha value is -1.40. The Balaban J connectivity index is 2.16. The average molecular weight is 265 g/mol. The Morgan fingerprint density at radius 2 is 2.00 bits per heavy atom. The van der Waals surface area contributed by atoms with Crippen LogP contribution in [0.2, 0.25) is 0 Å². The molecule has 19 heavy (non-hydrogen) atoms. The average Bonchev–Trinajstić information content (AvgIpc) is 2.39. The first-order valence-electron chi connectivity index (χ1n) is 6.86. The zero-order valence-corrected chi connectivity index (χ0v) is 11.7. The Kier molecular flexibility index (Phi) is 4.55. The van der Waals surface area contributed by atoms with E-state index in [4.69, 9.17) is 10.6 Å². The predicted octanol–water partition coefficient (Wildman–Crippen LogP) is 1.70. The molecule has 0 bridgehead atoms. The van der Waals surface area contributed by atoms with Gasteiger partial charge in [-0.25, -0.2) is 15.8 Å². The standard InChI is InChI=1S/C13H23N5O/c1-3-4-10-15-11(9-12(16-10)18-14)17-13(2)5-7-19-8-6-13/h9H,3-8,14H2,1-2H3,(H2,15,16,17,18). The van der Waals surface area contributed by atoms with E-state index in [1.54, 1.807) is 0 Å². The van der Waals surface area contributed by atoms with Crippen molar-refractivity contribution in [3.63, 3.8) is 0 Å². The summed E-state index contributed by atoms with van der Waals surface area (Å²) in [6.07, 6.45) is 3.82. The highest BCUT2D eigenvalue weighted by Gasteiger charge is 2.27. The Morgan fingerprint density at radius 1 is 1.32 bits per heavy atom. The molecule has 1 aliphatic rings. The molecule has 1 aliphatic heterocycles. The second kappa shape index (κ2) is 6.16. The van der Waals surface area contributed by atoms with E-state index >= 15 is 0 Å². The maximum Gasteiger partial charge on any atom is 0.145 e. The summed E-state index contributed by atoms with van der Waals surface area (Å²) in [6.45, 7) is 5.89. The Bertz CT molecular complexity index is 417. The van der Waals surface area contributed by atoms with Crippen molar-refractivity contribution in [2.45, 2.75) is 45.1 Å². The van der Waals surface area contributed by atoms with Crippen LogP contribution in [0.1, 0.15) is 38.9 Å². The van der Waals surface area contributed by atoms with Crippen LogP contribution in [-0.4, -0.2) is 28.7 Å². The highest BCUT2D eigenvalue weighted by Crippen LogP contribution is 2.25. The number of anilines is 2. The summed E-state index contributed by atoms with van der Waals surface area (Å²) in [4.78, 5) is 8.90. The lowest BCUT2D eigenvalue weighted by Gasteiger charge is -2.35. The topological polar surface area (TPSA) is 85.1 Å². The van der Waals surface area contributed by atoms with Gasteiger partial charge in [0.2, 0.25) is 0 Å². The number of nitrogens with two attached hydrogens (primary N) is 1. The normalized spacial score (nSPS) is 18.1. The lowest BCUT2D eigenvalue weighted by atomic mass is 9.92. The number of nitrogen functional groups attached to an aromatic ring is 1. The molecule has 0 unspecified atom stereocenters. The molecule has 6 heteroatoms. The van der Waals surface area contributed by atoms with Crippen molar-refractivity contribution in [3.8, 4) is 0 Å². The number of aromatic nitrogens is 2. The molecule has 1 aromatic heterocycles. The van der Waals surface area contributed by atoms with Gasteiger partial charge in [-0.15, -0.1) is 0 Å². The first-order chi connectivity index (χ1) is 9.15. The third-order valence-corrected chi connectivity index (χ3v) is 3.42. The Morgan fingerprint density at radius 3 is 2.63 bits per heavy atom. The van der Waals surface area contributed by atoms with Gasteiger partial charge in [0.05, 0.1) is 0 Å². The number of ether oxygens (including phenoxy) is 1. The van der Waals surface area contributed by atoms with Crippen molar-refractivity contribution in [1.82, 2.24) is 9.97 Å². The van der Waals surface area contributed by atoms with Crippen molar-refractivity contribution in [2.24, 2.45) is 5.84 Å². The zero-order chi connectivity index (χ0) is 13.7. The van der Waals surface area contributed by atoms with Crippen LogP contribution in [0.5, 0.6) is 0 Å². The number of aryl methyl sites for hydroxylation is 1. The summed E-state index contributed by atoms with van der Waals surface area (Å²) >= 11 is 0. The third kappa shape index (κ3) is 3.78. The van der Waals surface area contributed by atoms with Gasteiger partial charge < -0.3 is 15.5 Å². The van der Waals surface area contributed by atoms with Crippen molar-refractivity contribution >= 4 is 11.6 Å². The van der Waals surface area contributed by atoms with Gasteiger partial charge in [0.15, 0.2) is 0 Å². The number of rotatable bonds is 5. The summed E-state index contributed by atoms with van der Waals surface area (Å²) in [7, 11) is 0. The first-order valence-corrected chi connectivity index (χ1v) is 6.86. The molecule has 0 atom stereocenters. The molecule has 0 amide bonds. The minimum atomic E-state index is 0.0297. The number of nitrogens with one attached hydrogen (secondary N) is 2. The summed E-state index contributed by atoms with van der Waals surface area (Å²) in [6, 6.07) is 1.85. The van der Waals surface area contributed by atoms with Crippen LogP contribution in [0.4, 0.5) is 11.6 Å². The van der Waals surface area contributed by atoms with Gasteiger partial charge in [0.1, 0.15) is 17.5 Å². The SMILES string of the molecule is CCCc1nc(NN)cc(NC2(C)CCOCC2)n1. The molecule has 4 N–H and O–H groups in total. The van der Waals surface area contributed by atoms with Crippen molar-refractivity contribution in [1.29, 1.82) is 0 Å². The van der Waals surface area contributed by atoms with Gasteiger partial charge in [0, 0.05) is 31.2 Å². The second-order valence-corrected chi connectivity index (χ2v) is 5.25. The third-order valence-electron chi connectivity index (χ3n) is 3.42. The van der Waals surface area contributed by atoms with Gasteiger partial charge in [-0.2, -0.15) is 0 Å². The highest BCUT2D eigenvalue weighted by molar-refractivity contribution is 5.48. The number of hydrogen-bond donors (Lipinski definition) is 3. The molecule has 6 nitrogen and oxygen atoms in total. The minimum absolute atomic E-state index is 0.0297. The minimum Gasteiger partial charge on any atom is -0.381 e. The number of hydrazine groups is 1. The largest absolute Gasteiger partial charge is 0.381 e. The molecule has 2 heterocycles. The van der Waals surface area contributed by atoms with Crippen molar-refractivity contribution in [3.05, 3.63) is 11.9 Å². The van der Waals surface area contributed by atoms with Gasteiger partial charge in [-0.1, -0.05) is 6.92 Å². The summed E-state index contributed by atoms with van der Waals surface area (Å²) in [5, 5.41) is 3.50. The zero-order valence-electron chi connectivity index (χ0n) is 11.7.